The number of nitrogens with one attached hydrogen (secondary N) is 1. The number of hydrogen-bond donors (Lipinski definition) is 1. The molecular weight excluding hydrogens is 226 g/mol. The van der Waals surface area contributed by atoms with E-state index in [1.807, 2.05) is 11.8 Å². The number of hydrogen-bond acceptors (Lipinski definition) is 2. The highest BCUT2D eigenvalue weighted by Crippen LogP contribution is 2.40. The average Bonchev–Trinajstić information content (AvgIpc) is 2.32. The molecule has 1 nitrogen and oxygen atoms in total. The third-order valence-corrected chi connectivity index (χ3v) is 4.52. The molecule has 2 rings (SSSR count). The Labute approximate surface area is 109 Å². The Morgan fingerprint density at radius 1 is 1.35 bits per heavy atom. The Morgan fingerprint density at radius 2 is 2.12 bits per heavy atom. The van der Waals surface area contributed by atoms with Gasteiger partial charge in [0.2, 0.25) is 0 Å². The van der Waals surface area contributed by atoms with Crippen LogP contribution in [0.5, 0.6) is 0 Å². The SMILES string of the molecule is CCCNC(c1ccccc1SC)C1CCC1. The van der Waals surface area contributed by atoms with E-state index in [9.17, 15) is 0 Å². The third-order valence-electron chi connectivity index (χ3n) is 3.71. The van der Waals surface area contributed by atoms with Gasteiger partial charge in [0.05, 0.1) is 0 Å². The van der Waals surface area contributed by atoms with Crippen molar-refractivity contribution in [2.75, 3.05) is 12.8 Å². The first kappa shape index (κ1) is 13.0. The molecule has 0 amide bonds. The standard InChI is InChI=1S/C15H23NS/c1-3-11-16-15(12-7-6-8-12)13-9-4-5-10-14(13)17-2/h4-5,9-10,12,15-16H,3,6-8,11H2,1-2H3. The molecule has 0 radical (unpaired) electrons. The van der Waals surface area contributed by atoms with Gasteiger partial charge in [0, 0.05) is 10.9 Å². The number of rotatable bonds is 6. The van der Waals surface area contributed by atoms with E-state index in [-0.39, 0.29) is 0 Å². The van der Waals surface area contributed by atoms with E-state index < -0.39 is 0 Å². The molecule has 94 valence electrons. The van der Waals surface area contributed by atoms with E-state index >= 15 is 0 Å². The summed E-state index contributed by atoms with van der Waals surface area (Å²) in [6.45, 7) is 3.37. The molecule has 1 aliphatic carbocycles. The van der Waals surface area contributed by atoms with Gasteiger partial charge in [0.15, 0.2) is 0 Å². The van der Waals surface area contributed by atoms with Crippen LogP contribution in [-0.2, 0) is 0 Å². The first-order chi connectivity index (χ1) is 8.36. The minimum Gasteiger partial charge on any atom is -0.310 e. The normalized spacial score (nSPS) is 17.8. The molecule has 1 fully saturated rings. The monoisotopic (exact) mass is 249 g/mol. The molecule has 1 N–H and O–H groups in total. The molecule has 1 aromatic rings. The zero-order valence-electron chi connectivity index (χ0n) is 10.9. The highest BCUT2D eigenvalue weighted by atomic mass is 32.2. The maximum atomic E-state index is 3.75. The van der Waals surface area contributed by atoms with E-state index in [1.54, 1.807) is 0 Å². The second-order valence-electron chi connectivity index (χ2n) is 4.86. The molecule has 0 saturated heterocycles. The van der Waals surface area contributed by atoms with Crippen LogP contribution in [0.25, 0.3) is 0 Å². The van der Waals surface area contributed by atoms with Crippen LogP contribution in [0.15, 0.2) is 29.2 Å². The Bertz CT molecular complexity index is 347. The summed E-state index contributed by atoms with van der Waals surface area (Å²) in [6.07, 6.45) is 7.59. The van der Waals surface area contributed by atoms with Crippen LogP contribution in [0.3, 0.4) is 0 Å². The molecule has 17 heavy (non-hydrogen) atoms. The van der Waals surface area contributed by atoms with Crippen molar-refractivity contribution in [2.45, 2.75) is 43.5 Å². The van der Waals surface area contributed by atoms with Gasteiger partial charge in [-0.25, -0.2) is 0 Å². The molecule has 0 spiro atoms. The first-order valence-corrected chi connectivity index (χ1v) is 7.95. The summed E-state index contributed by atoms with van der Waals surface area (Å²) >= 11 is 1.87. The fourth-order valence-electron chi connectivity index (χ4n) is 2.53. The summed E-state index contributed by atoms with van der Waals surface area (Å²) in [5, 5.41) is 3.75. The van der Waals surface area contributed by atoms with E-state index in [2.05, 4.69) is 42.8 Å². The van der Waals surface area contributed by atoms with Crippen LogP contribution in [0.1, 0.15) is 44.2 Å². The second kappa shape index (κ2) is 6.46. The second-order valence-corrected chi connectivity index (χ2v) is 5.71. The zero-order chi connectivity index (χ0) is 12.1. The number of thioether (sulfide) groups is 1. The van der Waals surface area contributed by atoms with Crippen molar-refractivity contribution < 1.29 is 0 Å². The Balaban J connectivity index is 2.17. The first-order valence-electron chi connectivity index (χ1n) is 6.73. The van der Waals surface area contributed by atoms with Gasteiger partial charge >= 0.3 is 0 Å². The van der Waals surface area contributed by atoms with Crippen molar-refractivity contribution >= 4 is 11.8 Å². The third kappa shape index (κ3) is 3.05. The van der Waals surface area contributed by atoms with Crippen LogP contribution in [0.2, 0.25) is 0 Å². The van der Waals surface area contributed by atoms with Gasteiger partial charge in [-0.3, -0.25) is 0 Å². The van der Waals surface area contributed by atoms with Crippen LogP contribution < -0.4 is 5.32 Å². The summed E-state index contributed by atoms with van der Waals surface area (Å²) in [4.78, 5) is 1.44. The Hall–Kier alpha value is -0.470. The zero-order valence-corrected chi connectivity index (χ0v) is 11.7. The van der Waals surface area contributed by atoms with Crippen LogP contribution in [-0.4, -0.2) is 12.8 Å². The van der Waals surface area contributed by atoms with Crippen molar-refractivity contribution in [3.05, 3.63) is 29.8 Å². The minimum absolute atomic E-state index is 0.576. The van der Waals surface area contributed by atoms with Crippen LogP contribution >= 0.6 is 11.8 Å². The minimum atomic E-state index is 0.576. The summed E-state index contributed by atoms with van der Waals surface area (Å²) in [6, 6.07) is 9.45. The molecule has 2 heteroatoms. The van der Waals surface area contributed by atoms with Crippen molar-refractivity contribution in [3.8, 4) is 0 Å². The maximum absolute atomic E-state index is 3.75. The summed E-state index contributed by atoms with van der Waals surface area (Å²) in [5.74, 6) is 0.856. The quantitative estimate of drug-likeness (QED) is 0.756. The molecule has 0 bridgehead atoms. The molecule has 0 heterocycles. The van der Waals surface area contributed by atoms with Crippen molar-refractivity contribution in [1.82, 2.24) is 5.32 Å². The van der Waals surface area contributed by atoms with Gasteiger partial charge < -0.3 is 5.32 Å². The lowest BCUT2D eigenvalue weighted by Crippen LogP contribution is -2.33. The van der Waals surface area contributed by atoms with E-state index in [0.29, 0.717) is 6.04 Å². The van der Waals surface area contributed by atoms with E-state index in [1.165, 1.54) is 36.1 Å². The molecule has 1 saturated carbocycles. The smallest absolute Gasteiger partial charge is 0.0359 e. The molecule has 1 unspecified atom stereocenters. The Morgan fingerprint density at radius 3 is 2.71 bits per heavy atom. The highest BCUT2D eigenvalue weighted by molar-refractivity contribution is 7.98. The topological polar surface area (TPSA) is 12.0 Å². The fraction of sp³-hybridized carbons (Fsp3) is 0.600. The molecule has 1 atom stereocenters. The number of benzene rings is 1. The fourth-order valence-corrected chi connectivity index (χ4v) is 3.17. The maximum Gasteiger partial charge on any atom is 0.0359 e. The molecule has 1 aliphatic rings. The summed E-state index contributed by atoms with van der Waals surface area (Å²) < 4.78 is 0. The predicted molar refractivity (Wildman–Crippen MR) is 76.6 cm³/mol. The van der Waals surface area contributed by atoms with Crippen molar-refractivity contribution in [3.63, 3.8) is 0 Å². The van der Waals surface area contributed by atoms with Crippen LogP contribution in [0, 0.1) is 5.92 Å². The lowest BCUT2D eigenvalue weighted by molar-refractivity contribution is 0.229. The van der Waals surface area contributed by atoms with Gasteiger partial charge in [-0.15, -0.1) is 11.8 Å². The molecule has 1 aromatic carbocycles. The van der Waals surface area contributed by atoms with Crippen molar-refractivity contribution in [1.29, 1.82) is 0 Å². The largest absolute Gasteiger partial charge is 0.310 e. The van der Waals surface area contributed by atoms with E-state index in [4.69, 9.17) is 0 Å². The lowest BCUT2D eigenvalue weighted by atomic mass is 9.77. The molecular formula is C15H23NS. The van der Waals surface area contributed by atoms with Crippen LogP contribution in [0.4, 0.5) is 0 Å². The summed E-state index contributed by atoms with van der Waals surface area (Å²) in [7, 11) is 0. The summed E-state index contributed by atoms with van der Waals surface area (Å²) in [5.41, 5.74) is 1.51. The predicted octanol–water partition coefficient (Wildman–Crippen LogP) is 4.25. The Kier molecular flexibility index (Phi) is 4.93. The van der Waals surface area contributed by atoms with Crippen molar-refractivity contribution in [2.24, 2.45) is 5.92 Å². The lowest BCUT2D eigenvalue weighted by Gasteiger charge is -2.35. The average molecular weight is 249 g/mol. The highest BCUT2D eigenvalue weighted by Gasteiger charge is 2.29. The van der Waals surface area contributed by atoms with Gasteiger partial charge in [0.25, 0.3) is 0 Å². The van der Waals surface area contributed by atoms with E-state index in [0.717, 1.165) is 12.5 Å². The van der Waals surface area contributed by atoms with Gasteiger partial charge in [-0.1, -0.05) is 31.5 Å². The molecule has 0 aliphatic heterocycles. The van der Waals surface area contributed by atoms with Gasteiger partial charge in [-0.2, -0.15) is 0 Å². The molecule has 0 aromatic heterocycles. The van der Waals surface area contributed by atoms with Gasteiger partial charge in [-0.05, 0) is 49.6 Å². The van der Waals surface area contributed by atoms with Gasteiger partial charge in [0.1, 0.15) is 0 Å².